The van der Waals surface area contributed by atoms with E-state index in [0.29, 0.717) is 18.0 Å². The van der Waals surface area contributed by atoms with Crippen molar-refractivity contribution < 1.29 is 14.0 Å². The maximum absolute atomic E-state index is 13.0. The number of hydrogen-bond donors (Lipinski definition) is 3. The average Bonchev–Trinajstić information content (AvgIpc) is 3.30. The zero-order chi connectivity index (χ0) is 16.2. The molecule has 1 aromatic rings. The summed E-state index contributed by atoms with van der Waals surface area (Å²) in [4.78, 5) is 23.7. The van der Waals surface area contributed by atoms with Crippen molar-refractivity contribution in [3.63, 3.8) is 0 Å². The second-order valence-corrected chi connectivity index (χ2v) is 6.03. The minimum absolute atomic E-state index is 0.0435. The summed E-state index contributed by atoms with van der Waals surface area (Å²) in [5.74, 6) is -0.537. The van der Waals surface area contributed by atoms with E-state index in [1.54, 1.807) is 12.1 Å². The van der Waals surface area contributed by atoms with Crippen LogP contribution in [0.1, 0.15) is 25.3 Å². The topological polar surface area (TPSA) is 84.2 Å². The molecule has 1 aromatic carbocycles. The van der Waals surface area contributed by atoms with Crippen LogP contribution in [0.3, 0.4) is 0 Å². The van der Waals surface area contributed by atoms with Crippen molar-refractivity contribution in [2.24, 2.45) is 11.7 Å². The molecule has 1 atom stereocenters. The number of nitrogens with one attached hydrogen (secondary N) is 2. The van der Waals surface area contributed by atoms with Crippen molar-refractivity contribution in [1.82, 2.24) is 10.6 Å². The Hall–Kier alpha value is -1.95. The van der Waals surface area contributed by atoms with Crippen LogP contribution >= 0.6 is 0 Å². The maximum atomic E-state index is 13.0. The van der Waals surface area contributed by atoms with Gasteiger partial charge in [-0.05, 0) is 43.4 Å². The van der Waals surface area contributed by atoms with Gasteiger partial charge in [-0.25, -0.2) is 4.39 Å². The highest BCUT2D eigenvalue weighted by atomic mass is 19.1. The molecule has 1 fully saturated rings. The molecule has 5 nitrogen and oxygen atoms in total. The lowest BCUT2D eigenvalue weighted by Gasteiger charge is -2.29. The van der Waals surface area contributed by atoms with Crippen molar-refractivity contribution in [2.75, 3.05) is 13.1 Å². The van der Waals surface area contributed by atoms with E-state index in [1.165, 1.54) is 12.1 Å². The van der Waals surface area contributed by atoms with Gasteiger partial charge in [0, 0.05) is 6.54 Å². The van der Waals surface area contributed by atoms with Gasteiger partial charge in [0.2, 0.25) is 11.8 Å². The number of carbonyl (C=O) groups excluding carboxylic acids is 2. The number of rotatable bonds is 7. The smallest absolute Gasteiger partial charge is 0.239 e. The van der Waals surface area contributed by atoms with Crippen LogP contribution in [0.15, 0.2) is 24.3 Å². The molecule has 1 aliphatic carbocycles. The molecule has 0 saturated heterocycles. The van der Waals surface area contributed by atoms with Crippen LogP contribution in [0.25, 0.3) is 0 Å². The fourth-order valence-electron chi connectivity index (χ4n) is 2.48. The van der Waals surface area contributed by atoms with Crippen molar-refractivity contribution in [3.8, 4) is 0 Å². The summed E-state index contributed by atoms with van der Waals surface area (Å²) < 4.78 is 13.0. The predicted octanol–water partition coefficient (Wildman–Crippen LogP) is 0.728. The van der Waals surface area contributed by atoms with Gasteiger partial charge in [-0.2, -0.15) is 0 Å². The number of nitrogens with two attached hydrogens (primary N) is 1. The Morgan fingerprint density at radius 2 is 2.09 bits per heavy atom. The van der Waals surface area contributed by atoms with Gasteiger partial charge >= 0.3 is 0 Å². The monoisotopic (exact) mass is 307 g/mol. The maximum Gasteiger partial charge on any atom is 0.239 e. The second-order valence-electron chi connectivity index (χ2n) is 6.03. The van der Waals surface area contributed by atoms with Crippen molar-refractivity contribution in [2.45, 2.75) is 31.7 Å². The molecule has 1 aliphatic rings. The quantitative estimate of drug-likeness (QED) is 0.694. The number of carbonyl (C=O) groups is 2. The SMILES string of the molecule is CC(CN)(NC(=O)CNC(=O)Cc1cccc(F)c1)C1CC1. The zero-order valence-corrected chi connectivity index (χ0v) is 12.7. The normalized spacial score (nSPS) is 16.7. The van der Waals surface area contributed by atoms with Gasteiger partial charge in [0.25, 0.3) is 0 Å². The third kappa shape index (κ3) is 4.53. The number of halogens is 1. The highest BCUT2D eigenvalue weighted by Crippen LogP contribution is 2.38. The summed E-state index contributed by atoms with van der Waals surface area (Å²) in [7, 11) is 0. The molecule has 0 aromatic heterocycles. The van der Waals surface area contributed by atoms with E-state index in [-0.39, 0.29) is 30.6 Å². The molecule has 120 valence electrons. The van der Waals surface area contributed by atoms with E-state index in [0.717, 1.165) is 12.8 Å². The Balaban J connectivity index is 1.77. The highest BCUT2D eigenvalue weighted by Gasteiger charge is 2.41. The van der Waals surface area contributed by atoms with Crippen molar-refractivity contribution in [3.05, 3.63) is 35.6 Å². The molecule has 1 saturated carbocycles. The van der Waals surface area contributed by atoms with Crippen LogP contribution in [-0.2, 0) is 16.0 Å². The third-order valence-electron chi connectivity index (χ3n) is 4.03. The van der Waals surface area contributed by atoms with Gasteiger partial charge in [0.05, 0.1) is 18.5 Å². The van der Waals surface area contributed by atoms with Crippen molar-refractivity contribution in [1.29, 1.82) is 0 Å². The average molecular weight is 307 g/mol. The fraction of sp³-hybridized carbons (Fsp3) is 0.500. The van der Waals surface area contributed by atoms with E-state index in [9.17, 15) is 14.0 Å². The molecular formula is C16H22FN3O2. The Bertz CT molecular complexity index is 560. The summed E-state index contributed by atoms with van der Waals surface area (Å²) >= 11 is 0. The first-order valence-electron chi connectivity index (χ1n) is 7.45. The van der Waals surface area contributed by atoms with Crippen LogP contribution in [0.4, 0.5) is 4.39 Å². The van der Waals surface area contributed by atoms with Gasteiger partial charge in [0.1, 0.15) is 5.82 Å². The molecule has 0 aliphatic heterocycles. The van der Waals surface area contributed by atoms with Gasteiger partial charge in [0.15, 0.2) is 0 Å². The molecular weight excluding hydrogens is 285 g/mol. The fourth-order valence-corrected chi connectivity index (χ4v) is 2.48. The molecule has 1 unspecified atom stereocenters. The molecule has 4 N–H and O–H groups in total. The Morgan fingerprint density at radius 1 is 1.36 bits per heavy atom. The minimum Gasteiger partial charge on any atom is -0.348 e. The van der Waals surface area contributed by atoms with E-state index in [4.69, 9.17) is 5.73 Å². The van der Waals surface area contributed by atoms with E-state index < -0.39 is 5.54 Å². The first-order valence-corrected chi connectivity index (χ1v) is 7.45. The summed E-state index contributed by atoms with van der Waals surface area (Å²) in [6, 6.07) is 5.84. The molecule has 22 heavy (non-hydrogen) atoms. The predicted molar refractivity (Wildman–Crippen MR) is 81.4 cm³/mol. The molecule has 2 amide bonds. The summed E-state index contributed by atoms with van der Waals surface area (Å²) in [6.07, 6.45) is 2.18. The second kappa shape index (κ2) is 6.87. The molecule has 0 bridgehead atoms. The number of benzene rings is 1. The van der Waals surface area contributed by atoms with Crippen LogP contribution in [-0.4, -0.2) is 30.4 Å². The van der Waals surface area contributed by atoms with Crippen LogP contribution in [0.5, 0.6) is 0 Å². The largest absolute Gasteiger partial charge is 0.348 e. The molecule has 0 heterocycles. The van der Waals surface area contributed by atoms with Crippen molar-refractivity contribution >= 4 is 11.8 Å². The zero-order valence-electron chi connectivity index (χ0n) is 12.7. The van der Waals surface area contributed by atoms with Crippen LogP contribution in [0, 0.1) is 11.7 Å². The molecule has 6 heteroatoms. The van der Waals surface area contributed by atoms with Gasteiger partial charge in [-0.1, -0.05) is 12.1 Å². The van der Waals surface area contributed by atoms with Gasteiger partial charge in [-0.3, -0.25) is 9.59 Å². The third-order valence-corrected chi connectivity index (χ3v) is 4.03. The lowest BCUT2D eigenvalue weighted by Crippen LogP contribution is -2.55. The van der Waals surface area contributed by atoms with E-state index in [2.05, 4.69) is 10.6 Å². The first kappa shape index (κ1) is 16.4. The summed E-state index contributed by atoms with van der Waals surface area (Å²) in [5.41, 5.74) is 5.90. The molecule has 0 radical (unpaired) electrons. The standard InChI is InChI=1S/C16H22FN3O2/c1-16(10-18,12-5-6-12)20-15(22)9-19-14(21)8-11-3-2-4-13(17)7-11/h2-4,7,12H,5-6,8-10,18H2,1H3,(H,19,21)(H,20,22). The first-order chi connectivity index (χ1) is 10.4. The van der Waals surface area contributed by atoms with Gasteiger partial charge < -0.3 is 16.4 Å². The highest BCUT2D eigenvalue weighted by molar-refractivity contribution is 5.86. The summed E-state index contributed by atoms with van der Waals surface area (Å²) in [5, 5.41) is 5.44. The summed E-state index contributed by atoms with van der Waals surface area (Å²) in [6.45, 7) is 2.20. The Labute approximate surface area is 129 Å². The van der Waals surface area contributed by atoms with Gasteiger partial charge in [-0.15, -0.1) is 0 Å². The Kier molecular flexibility index (Phi) is 5.13. The molecule has 2 rings (SSSR count). The van der Waals surface area contributed by atoms with E-state index in [1.807, 2.05) is 6.92 Å². The van der Waals surface area contributed by atoms with Crippen LogP contribution in [0.2, 0.25) is 0 Å². The lowest BCUT2D eigenvalue weighted by atomic mass is 9.96. The number of hydrogen-bond acceptors (Lipinski definition) is 3. The minimum atomic E-state index is -0.398. The number of amides is 2. The van der Waals surface area contributed by atoms with Crippen LogP contribution < -0.4 is 16.4 Å². The molecule has 0 spiro atoms. The van der Waals surface area contributed by atoms with E-state index >= 15 is 0 Å². The Morgan fingerprint density at radius 3 is 2.68 bits per heavy atom. The lowest BCUT2D eigenvalue weighted by molar-refractivity contribution is -0.126.